The van der Waals surface area contributed by atoms with Gasteiger partial charge < -0.3 is 10.2 Å². The van der Waals surface area contributed by atoms with Crippen molar-refractivity contribution in [3.63, 3.8) is 0 Å². The zero-order valence-electron chi connectivity index (χ0n) is 12.1. The highest BCUT2D eigenvalue weighted by Crippen LogP contribution is 2.36. The number of carbonyl (C=O) groups is 1. The number of nitrogens with one attached hydrogen (secondary N) is 1. The van der Waals surface area contributed by atoms with E-state index in [9.17, 15) is 4.79 Å². The second-order valence-electron chi connectivity index (χ2n) is 5.77. The van der Waals surface area contributed by atoms with Crippen LogP contribution in [-0.2, 0) is 4.79 Å². The van der Waals surface area contributed by atoms with Gasteiger partial charge >= 0.3 is 0 Å². The van der Waals surface area contributed by atoms with Crippen LogP contribution in [0.15, 0.2) is 24.3 Å². The van der Waals surface area contributed by atoms with Crippen LogP contribution in [0.3, 0.4) is 0 Å². The van der Waals surface area contributed by atoms with Gasteiger partial charge in [-0.05, 0) is 31.2 Å². The fourth-order valence-corrected chi connectivity index (χ4v) is 2.50. The Hall–Kier alpha value is -1.35. The lowest BCUT2D eigenvalue weighted by molar-refractivity contribution is -0.128. The van der Waals surface area contributed by atoms with Gasteiger partial charge in [0.1, 0.15) is 0 Å². The van der Waals surface area contributed by atoms with Gasteiger partial charge in [0.15, 0.2) is 0 Å². The predicted octanol–water partition coefficient (Wildman–Crippen LogP) is 2.31. The highest BCUT2D eigenvalue weighted by Gasteiger charge is 2.29. The lowest BCUT2D eigenvalue weighted by Gasteiger charge is -2.36. The van der Waals surface area contributed by atoms with E-state index in [-0.39, 0.29) is 5.91 Å². The molecule has 0 aliphatic heterocycles. The molecule has 1 aliphatic carbocycles. The Bertz CT molecular complexity index is 419. The molecule has 0 unspecified atom stereocenters. The van der Waals surface area contributed by atoms with Gasteiger partial charge in [0, 0.05) is 33.1 Å². The minimum absolute atomic E-state index is 0.196. The molecule has 1 N–H and O–H groups in total. The quantitative estimate of drug-likeness (QED) is 0.881. The summed E-state index contributed by atoms with van der Waals surface area (Å²) in [4.78, 5) is 13.1. The van der Waals surface area contributed by atoms with Crippen molar-refractivity contribution in [2.75, 3.05) is 20.6 Å². The van der Waals surface area contributed by atoms with Crippen LogP contribution in [0.4, 0.5) is 0 Å². The molecule has 1 fully saturated rings. The van der Waals surface area contributed by atoms with Crippen LogP contribution < -0.4 is 5.32 Å². The summed E-state index contributed by atoms with van der Waals surface area (Å²) in [5, 5.41) is 3.47. The van der Waals surface area contributed by atoms with Gasteiger partial charge in [-0.15, -0.1) is 0 Å². The van der Waals surface area contributed by atoms with Gasteiger partial charge in [-0.3, -0.25) is 4.79 Å². The molecule has 0 aromatic heterocycles. The van der Waals surface area contributed by atoms with Gasteiger partial charge in [0.2, 0.25) is 5.91 Å². The van der Waals surface area contributed by atoms with Crippen molar-refractivity contribution in [2.24, 2.45) is 0 Å². The Kier molecular flexibility index (Phi) is 4.59. The second-order valence-corrected chi connectivity index (χ2v) is 5.77. The average molecular weight is 260 g/mol. The Morgan fingerprint density at radius 1 is 1.26 bits per heavy atom. The minimum atomic E-state index is 0.196. The maximum absolute atomic E-state index is 11.4. The van der Waals surface area contributed by atoms with Crippen LogP contribution in [0.1, 0.15) is 36.3 Å². The zero-order valence-corrected chi connectivity index (χ0v) is 12.1. The summed E-state index contributed by atoms with van der Waals surface area (Å²) in [7, 11) is 3.61. The van der Waals surface area contributed by atoms with E-state index in [0.29, 0.717) is 18.4 Å². The summed E-state index contributed by atoms with van der Waals surface area (Å²) in [5.41, 5.74) is 2.77. The molecule has 0 saturated heterocycles. The SMILES string of the molecule is Cc1ccc(C2CC(NCCC(=O)N(C)C)C2)cc1. The number of carbonyl (C=O) groups excluding carboxylic acids is 1. The summed E-state index contributed by atoms with van der Waals surface area (Å²) in [6.45, 7) is 2.92. The van der Waals surface area contributed by atoms with Crippen LogP contribution in [0, 0.1) is 6.92 Å². The Morgan fingerprint density at radius 2 is 1.89 bits per heavy atom. The molecule has 3 nitrogen and oxygen atoms in total. The third-order valence-corrected chi connectivity index (χ3v) is 3.96. The number of hydrogen-bond donors (Lipinski definition) is 1. The van der Waals surface area contributed by atoms with E-state index < -0.39 is 0 Å². The fraction of sp³-hybridized carbons (Fsp3) is 0.562. The van der Waals surface area contributed by atoms with Gasteiger partial charge in [-0.2, -0.15) is 0 Å². The van der Waals surface area contributed by atoms with E-state index in [1.165, 1.54) is 24.0 Å². The molecule has 0 spiro atoms. The maximum atomic E-state index is 11.4. The van der Waals surface area contributed by atoms with E-state index in [1.54, 1.807) is 19.0 Å². The van der Waals surface area contributed by atoms with Crippen molar-refractivity contribution in [3.05, 3.63) is 35.4 Å². The van der Waals surface area contributed by atoms with Crippen molar-refractivity contribution in [2.45, 2.75) is 38.1 Å². The molecular formula is C16H24N2O. The summed E-state index contributed by atoms with van der Waals surface area (Å²) in [6, 6.07) is 9.44. The molecule has 0 bridgehead atoms. The van der Waals surface area contributed by atoms with Crippen molar-refractivity contribution in [1.29, 1.82) is 0 Å². The monoisotopic (exact) mass is 260 g/mol. The van der Waals surface area contributed by atoms with Crippen LogP contribution in [-0.4, -0.2) is 37.5 Å². The summed E-state index contributed by atoms with van der Waals surface area (Å²) in [5.74, 6) is 0.893. The van der Waals surface area contributed by atoms with Crippen LogP contribution in [0.2, 0.25) is 0 Å². The van der Waals surface area contributed by atoms with E-state index in [1.807, 2.05) is 0 Å². The molecular weight excluding hydrogens is 236 g/mol. The smallest absolute Gasteiger partial charge is 0.223 e. The zero-order chi connectivity index (χ0) is 13.8. The van der Waals surface area contributed by atoms with Crippen molar-refractivity contribution >= 4 is 5.91 Å². The first-order valence-corrected chi connectivity index (χ1v) is 7.06. The summed E-state index contributed by atoms with van der Waals surface area (Å²) in [6.07, 6.45) is 2.98. The highest BCUT2D eigenvalue weighted by molar-refractivity contribution is 5.75. The third-order valence-electron chi connectivity index (χ3n) is 3.96. The molecule has 19 heavy (non-hydrogen) atoms. The van der Waals surface area contributed by atoms with Crippen LogP contribution >= 0.6 is 0 Å². The van der Waals surface area contributed by atoms with Crippen LogP contribution in [0.25, 0.3) is 0 Å². The van der Waals surface area contributed by atoms with Gasteiger partial charge in [-0.1, -0.05) is 29.8 Å². The molecule has 0 atom stereocenters. The van der Waals surface area contributed by atoms with Crippen LogP contribution in [0.5, 0.6) is 0 Å². The molecule has 1 amide bonds. The first-order chi connectivity index (χ1) is 9.06. The van der Waals surface area contributed by atoms with E-state index in [0.717, 1.165) is 6.54 Å². The molecule has 1 aliphatic rings. The van der Waals surface area contributed by atoms with Crippen molar-refractivity contribution in [3.8, 4) is 0 Å². The molecule has 1 aromatic carbocycles. The van der Waals surface area contributed by atoms with Gasteiger partial charge in [0.25, 0.3) is 0 Å². The van der Waals surface area contributed by atoms with Crippen molar-refractivity contribution < 1.29 is 4.79 Å². The van der Waals surface area contributed by atoms with E-state index >= 15 is 0 Å². The van der Waals surface area contributed by atoms with E-state index in [2.05, 4.69) is 36.5 Å². The second kappa shape index (κ2) is 6.20. The largest absolute Gasteiger partial charge is 0.349 e. The molecule has 0 radical (unpaired) electrons. The highest BCUT2D eigenvalue weighted by atomic mass is 16.2. The normalized spacial score (nSPS) is 21.8. The van der Waals surface area contributed by atoms with Gasteiger partial charge in [-0.25, -0.2) is 0 Å². The molecule has 104 valence electrons. The lowest BCUT2D eigenvalue weighted by Crippen LogP contribution is -2.41. The summed E-state index contributed by atoms with van der Waals surface area (Å²) >= 11 is 0. The lowest BCUT2D eigenvalue weighted by atomic mass is 9.76. The number of amides is 1. The number of aryl methyl sites for hydroxylation is 1. The topological polar surface area (TPSA) is 32.3 Å². The number of nitrogens with zero attached hydrogens (tertiary/aromatic N) is 1. The first kappa shape index (κ1) is 14.1. The van der Waals surface area contributed by atoms with Gasteiger partial charge in [0.05, 0.1) is 0 Å². The number of benzene rings is 1. The summed E-state index contributed by atoms with van der Waals surface area (Å²) < 4.78 is 0. The third kappa shape index (κ3) is 3.80. The van der Waals surface area contributed by atoms with Crippen molar-refractivity contribution in [1.82, 2.24) is 10.2 Å². The Balaban J connectivity index is 1.66. The molecule has 2 rings (SSSR count). The predicted molar refractivity (Wildman–Crippen MR) is 78.3 cm³/mol. The standard InChI is InChI=1S/C16H24N2O/c1-12-4-6-13(7-5-12)14-10-15(11-14)17-9-8-16(19)18(2)3/h4-7,14-15,17H,8-11H2,1-3H3. The van der Waals surface area contributed by atoms with E-state index in [4.69, 9.17) is 0 Å². The fourth-order valence-electron chi connectivity index (χ4n) is 2.50. The number of hydrogen-bond acceptors (Lipinski definition) is 2. The maximum Gasteiger partial charge on any atom is 0.223 e. The molecule has 3 heteroatoms. The molecule has 0 heterocycles. The Morgan fingerprint density at radius 3 is 2.47 bits per heavy atom. The average Bonchev–Trinajstić information content (AvgIpc) is 2.33. The molecule has 1 aromatic rings. The molecule has 1 saturated carbocycles. The number of rotatable bonds is 5. The Labute approximate surface area is 116 Å². The first-order valence-electron chi connectivity index (χ1n) is 7.06. The minimum Gasteiger partial charge on any atom is -0.349 e.